The largest absolute Gasteiger partial charge is 0.504 e. The van der Waals surface area contributed by atoms with Crippen LogP contribution in [0.25, 0.3) is 0 Å². The number of ether oxygens (including phenoxy) is 1. The van der Waals surface area contributed by atoms with Crippen molar-refractivity contribution in [2.75, 3.05) is 0 Å². The molecule has 0 fully saturated rings. The number of aryl methyl sites for hydroxylation is 1. The summed E-state index contributed by atoms with van der Waals surface area (Å²) in [5, 5.41) is 10.6. The van der Waals surface area contributed by atoms with Crippen LogP contribution in [0.3, 0.4) is 0 Å². The summed E-state index contributed by atoms with van der Waals surface area (Å²) in [6, 6.07) is 11.4. The van der Waals surface area contributed by atoms with Crippen LogP contribution in [0.4, 0.5) is 0 Å². The van der Waals surface area contributed by atoms with Crippen molar-refractivity contribution in [1.29, 1.82) is 0 Å². The van der Waals surface area contributed by atoms with Gasteiger partial charge in [-0.3, -0.25) is 4.55 Å². The molecule has 0 amide bonds. The number of rotatable bonds is 11. The molecule has 0 saturated carbocycles. The summed E-state index contributed by atoms with van der Waals surface area (Å²) in [4.78, 5) is -0.438. The molecule has 0 saturated heterocycles. The fourth-order valence-electron chi connectivity index (χ4n) is 2.98. The molecule has 2 rings (SSSR count). The molecule has 0 aromatic heterocycles. The van der Waals surface area contributed by atoms with E-state index in [1.54, 1.807) is 30.3 Å². The maximum Gasteiger partial charge on any atom is 0.298 e. The van der Waals surface area contributed by atoms with E-state index in [0.717, 1.165) is 19.3 Å². The molecular weight excluding hydrogens is 364 g/mol. The highest BCUT2D eigenvalue weighted by atomic mass is 32.2. The molecular formula is C21H28O5S. The third kappa shape index (κ3) is 6.56. The lowest BCUT2D eigenvalue weighted by Crippen LogP contribution is -2.03. The second-order valence-electron chi connectivity index (χ2n) is 6.66. The molecule has 0 aliphatic rings. The summed E-state index contributed by atoms with van der Waals surface area (Å²) >= 11 is 0. The van der Waals surface area contributed by atoms with E-state index in [1.807, 2.05) is 0 Å². The maximum absolute atomic E-state index is 11.7. The molecule has 0 radical (unpaired) electrons. The van der Waals surface area contributed by atoms with Crippen LogP contribution in [-0.2, 0) is 16.5 Å². The summed E-state index contributed by atoms with van der Waals surface area (Å²) in [5.41, 5.74) is 0.613. The summed E-state index contributed by atoms with van der Waals surface area (Å²) in [6.45, 7) is 2.19. The van der Waals surface area contributed by atoms with Crippen LogP contribution in [0.5, 0.6) is 17.2 Å². The lowest BCUT2D eigenvalue weighted by atomic mass is 10.0. The van der Waals surface area contributed by atoms with Gasteiger partial charge in [0.05, 0.1) is 0 Å². The SMILES string of the molecule is CCCCCCCCCc1ccc(S(=O)(=O)O)c(Oc2ccccc2)c1O. The fourth-order valence-corrected chi connectivity index (χ4v) is 3.59. The Kier molecular flexibility index (Phi) is 8.13. The van der Waals surface area contributed by atoms with E-state index < -0.39 is 15.0 Å². The predicted octanol–water partition coefficient (Wildman–Crippen LogP) is 5.72. The zero-order valence-corrected chi connectivity index (χ0v) is 16.5. The molecule has 27 heavy (non-hydrogen) atoms. The van der Waals surface area contributed by atoms with Crippen LogP contribution < -0.4 is 4.74 Å². The summed E-state index contributed by atoms with van der Waals surface area (Å²) in [6.07, 6.45) is 8.67. The van der Waals surface area contributed by atoms with Crippen LogP contribution in [0.15, 0.2) is 47.4 Å². The van der Waals surface area contributed by atoms with Crippen molar-refractivity contribution in [2.24, 2.45) is 0 Å². The first-order chi connectivity index (χ1) is 12.9. The minimum absolute atomic E-state index is 0.232. The van der Waals surface area contributed by atoms with Gasteiger partial charge in [0, 0.05) is 0 Å². The molecule has 0 atom stereocenters. The number of benzene rings is 2. The number of para-hydroxylation sites is 1. The summed E-state index contributed by atoms with van der Waals surface area (Å²) < 4.78 is 38.4. The fraction of sp³-hybridized carbons (Fsp3) is 0.429. The second kappa shape index (κ2) is 10.3. The number of hydrogen-bond acceptors (Lipinski definition) is 4. The summed E-state index contributed by atoms with van der Waals surface area (Å²) in [5.74, 6) is -0.0881. The van der Waals surface area contributed by atoms with Crippen molar-refractivity contribution in [3.63, 3.8) is 0 Å². The lowest BCUT2D eigenvalue weighted by molar-refractivity contribution is 0.392. The van der Waals surface area contributed by atoms with Gasteiger partial charge in [-0.05, 0) is 36.6 Å². The molecule has 0 unspecified atom stereocenters. The monoisotopic (exact) mass is 392 g/mol. The van der Waals surface area contributed by atoms with Crippen molar-refractivity contribution in [3.8, 4) is 17.2 Å². The zero-order chi connectivity index (χ0) is 19.7. The van der Waals surface area contributed by atoms with E-state index >= 15 is 0 Å². The Labute approximate surface area is 161 Å². The molecule has 0 spiro atoms. The molecule has 5 nitrogen and oxygen atoms in total. The molecule has 6 heteroatoms. The third-order valence-electron chi connectivity index (χ3n) is 4.47. The first kappa shape index (κ1) is 21.3. The molecule has 0 aliphatic heterocycles. The minimum atomic E-state index is -4.52. The standard InChI is InChI=1S/C21H28O5S/c1-2-3-4-5-6-7-9-12-17-15-16-19(27(23,24)25)21(20(17)22)26-18-13-10-8-11-14-18/h8,10-11,13-16,22H,2-7,9,12H2,1H3,(H,23,24,25). The number of phenols is 1. The first-order valence-electron chi connectivity index (χ1n) is 9.48. The number of hydrogen-bond donors (Lipinski definition) is 2. The van der Waals surface area contributed by atoms with E-state index in [0.29, 0.717) is 17.7 Å². The average molecular weight is 393 g/mol. The van der Waals surface area contributed by atoms with Crippen LogP contribution in [0, 0.1) is 0 Å². The van der Waals surface area contributed by atoms with Gasteiger partial charge >= 0.3 is 0 Å². The molecule has 2 N–H and O–H groups in total. The van der Waals surface area contributed by atoms with Crippen molar-refractivity contribution in [3.05, 3.63) is 48.0 Å². The van der Waals surface area contributed by atoms with Crippen molar-refractivity contribution in [1.82, 2.24) is 0 Å². The van der Waals surface area contributed by atoms with Crippen LogP contribution in [0.1, 0.15) is 57.4 Å². The van der Waals surface area contributed by atoms with E-state index in [2.05, 4.69) is 6.92 Å². The predicted molar refractivity (Wildman–Crippen MR) is 106 cm³/mol. The van der Waals surface area contributed by atoms with Gasteiger partial charge in [-0.15, -0.1) is 0 Å². The second-order valence-corrected chi connectivity index (χ2v) is 8.05. The molecule has 2 aromatic carbocycles. The van der Waals surface area contributed by atoms with Gasteiger partial charge in [0.25, 0.3) is 10.1 Å². The smallest absolute Gasteiger partial charge is 0.298 e. The highest BCUT2D eigenvalue weighted by Crippen LogP contribution is 2.40. The molecule has 0 aliphatic carbocycles. The van der Waals surface area contributed by atoms with E-state index in [1.165, 1.54) is 37.8 Å². The topological polar surface area (TPSA) is 83.8 Å². The average Bonchev–Trinajstić information content (AvgIpc) is 2.63. The molecule has 2 aromatic rings. The van der Waals surface area contributed by atoms with Crippen LogP contribution in [0.2, 0.25) is 0 Å². The van der Waals surface area contributed by atoms with Gasteiger partial charge in [0.15, 0.2) is 11.5 Å². The Morgan fingerprint density at radius 1 is 0.889 bits per heavy atom. The van der Waals surface area contributed by atoms with Gasteiger partial charge in [-0.2, -0.15) is 8.42 Å². The highest BCUT2D eigenvalue weighted by molar-refractivity contribution is 7.86. The molecule has 148 valence electrons. The first-order valence-corrected chi connectivity index (χ1v) is 10.9. The molecule has 0 bridgehead atoms. The van der Waals surface area contributed by atoms with Gasteiger partial charge < -0.3 is 9.84 Å². The van der Waals surface area contributed by atoms with E-state index in [9.17, 15) is 18.1 Å². The summed E-state index contributed by atoms with van der Waals surface area (Å²) in [7, 11) is -4.52. The number of unbranched alkanes of at least 4 members (excludes halogenated alkanes) is 6. The van der Waals surface area contributed by atoms with Crippen molar-refractivity contribution in [2.45, 2.75) is 63.2 Å². The Bertz CT molecular complexity index is 816. The van der Waals surface area contributed by atoms with E-state index in [-0.39, 0.29) is 11.5 Å². The third-order valence-corrected chi connectivity index (χ3v) is 5.35. The molecule has 0 heterocycles. The van der Waals surface area contributed by atoms with Gasteiger partial charge in [0.2, 0.25) is 0 Å². The van der Waals surface area contributed by atoms with Crippen LogP contribution >= 0.6 is 0 Å². The van der Waals surface area contributed by atoms with Gasteiger partial charge in [-0.1, -0.05) is 69.7 Å². The Hall–Kier alpha value is -2.05. The Morgan fingerprint density at radius 3 is 2.15 bits per heavy atom. The Morgan fingerprint density at radius 2 is 1.52 bits per heavy atom. The number of aromatic hydroxyl groups is 1. The normalized spacial score (nSPS) is 11.5. The van der Waals surface area contributed by atoms with Gasteiger partial charge in [-0.25, -0.2) is 0 Å². The quantitative estimate of drug-likeness (QED) is 0.377. The number of phenolic OH excluding ortho intramolecular Hbond substituents is 1. The maximum atomic E-state index is 11.7. The minimum Gasteiger partial charge on any atom is -0.504 e. The van der Waals surface area contributed by atoms with Crippen molar-refractivity contribution >= 4 is 10.1 Å². The van der Waals surface area contributed by atoms with Gasteiger partial charge in [0.1, 0.15) is 10.6 Å². The Balaban J connectivity index is 2.12. The van der Waals surface area contributed by atoms with Crippen LogP contribution in [-0.4, -0.2) is 18.1 Å². The highest BCUT2D eigenvalue weighted by Gasteiger charge is 2.23. The lowest BCUT2D eigenvalue weighted by Gasteiger charge is -2.14. The zero-order valence-electron chi connectivity index (χ0n) is 15.7. The van der Waals surface area contributed by atoms with Crippen molar-refractivity contribution < 1.29 is 22.8 Å². The van der Waals surface area contributed by atoms with E-state index in [4.69, 9.17) is 4.74 Å².